The highest BCUT2D eigenvalue weighted by atomic mass is 16.6. The molecule has 8 nitrogen and oxygen atoms in total. The lowest BCUT2D eigenvalue weighted by Crippen LogP contribution is -2.23. The molecule has 0 amide bonds. The van der Waals surface area contributed by atoms with Gasteiger partial charge in [0.15, 0.2) is 11.5 Å². The summed E-state index contributed by atoms with van der Waals surface area (Å²) in [5.74, 6) is -1.48. The zero-order valence-corrected chi connectivity index (χ0v) is 12.6. The molecule has 0 aromatic heterocycles. The summed E-state index contributed by atoms with van der Waals surface area (Å²) in [6.45, 7) is 1.18. The Morgan fingerprint density at radius 1 is 1.17 bits per heavy atom. The molecule has 0 radical (unpaired) electrons. The van der Waals surface area contributed by atoms with Crippen LogP contribution in [0.15, 0.2) is 53.6 Å². The predicted molar refractivity (Wildman–Crippen MR) is 87.3 cm³/mol. The van der Waals surface area contributed by atoms with Crippen molar-refractivity contribution in [3.63, 3.8) is 0 Å². The fourth-order valence-corrected chi connectivity index (χ4v) is 1.86. The quantitative estimate of drug-likeness (QED) is 0.210. The van der Waals surface area contributed by atoms with Crippen molar-refractivity contribution in [3.8, 4) is 5.75 Å². The van der Waals surface area contributed by atoms with Crippen LogP contribution in [-0.2, 0) is 4.79 Å². The normalized spacial score (nSPS) is 11.0. The van der Waals surface area contributed by atoms with Crippen molar-refractivity contribution in [1.29, 1.82) is 0 Å². The number of hydrazone groups is 1. The van der Waals surface area contributed by atoms with E-state index in [0.29, 0.717) is 0 Å². The number of phenols is 1. The fraction of sp³-hybridized carbons (Fsp3) is 0.0625. The standard InChI is InChI=1S/C16H13N3O5/c1-10(20)15(16(22)11-5-3-2-4-6-11)18-17-13-9-12(19(23)24)7-8-14(13)21/h2-9,17,21H,1H3. The van der Waals surface area contributed by atoms with Crippen LogP contribution in [0.2, 0.25) is 0 Å². The SMILES string of the molecule is CC(=O)C(=NNc1cc([N+](=O)[O-])ccc1O)C(=O)c1ccccc1. The third-order valence-corrected chi connectivity index (χ3v) is 3.06. The lowest BCUT2D eigenvalue weighted by atomic mass is 10.0. The number of hydrogen-bond acceptors (Lipinski definition) is 7. The Morgan fingerprint density at radius 3 is 2.42 bits per heavy atom. The number of anilines is 1. The van der Waals surface area contributed by atoms with Crippen LogP contribution in [0.1, 0.15) is 17.3 Å². The molecule has 2 aromatic carbocycles. The smallest absolute Gasteiger partial charge is 0.271 e. The number of aromatic hydroxyl groups is 1. The van der Waals surface area contributed by atoms with Gasteiger partial charge >= 0.3 is 0 Å². The van der Waals surface area contributed by atoms with E-state index in [1.165, 1.54) is 19.1 Å². The third kappa shape index (κ3) is 3.80. The molecule has 0 heterocycles. The molecule has 2 rings (SSSR count). The van der Waals surface area contributed by atoms with Gasteiger partial charge in [-0.3, -0.25) is 25.1 Å². The van der Waals surface area contributed by atoms with Gasteiger partial charge in [-0.15, -0.1) is 0 Å². The summed E-state index contributed by atoms with van der Waals surface area (Å²) in [5.41, 5.74) is 1.86. The van der Waals surface area contributed by atoms with Crippen molar-refractivity contribution in [2.24, 2.45) is 5.10 Å². The van der Waals surface area contributed by atoms with Gasteiger partial charge in [-0.05, 0) is 6.07 Å². The molecule has 24 heavy (non-hydrogen) atoms. The minimum Gasteiger partial charge on any atom is -0.506 e. The molecule has 0 saturated carbocycles. The molecule has 8 heteroatoms. The van der Waals surface area contributed by atoms with Gasteiger partial charge in [0.1, 0.15) is 11.4 Å². The zero-order chi connectivity index (χ0) is 17.7. The Labute approximate surface area is 136 Å². The maximum absolute atomic E-state index is 12.3. The predicted octanol–water partition coefficient (Wildman–Crippen LogP) is 2.54. The molecule has 0 spiro atoms. The number of nitrogens with one attached hydrogen (secondary N) is 1. The first-order chi connectivity index (χ1) is 11.4. The Hall–Kier alpha value is -3.55. The van der Waals surface area contributed by atoms with E-state index in [0.717, 1.165) is 18.2 Å². The topological polar surface area (TPSA) is 122 Å². The molecule has 0 aliphatic carbocycles. The van der Waals surface area contributed by atoms with E-state index in [-0.39, 0.29) is 28.4 Å². The van der Waals surface area contributed by atoms with E-state index in [9.17, 15) is 24.8 Å². The van der Waals surface area contributed by atoms with Crippen molar-refractivity contribution < 1.29 is 19.6 Å². The van der Waals surface area contributed by atoms with Gasteiger partial charge in [0, 0.05) is 24.6 Å². The largest absolute Gasteiger partial charge is 0.506 e. The molecule has 0 bridgehead atoms. The number of phenolic OH excluding ortho intramolecular Hbond substituents is 1. The van der Waals surface area contributed by atoms with Crippen LogP contribution in [0, 0.1) is 10.1 Å². The van der Waals surface area contributed by atoms with Crippen LogP contribution in [-0.4, -0.2) is 27.3 Å². The highest BCUT2D eigenvalue weighted by Crippen LogP contribution is 2.27. The first-order valence-corrected chi connectivity index (χ1v) is 6.82. The highest BCUT2D eigenvalue weighted by molar-refractivity contribution is 6.68. The maximum atomic E-state index is 12.3. The number of ketones is 2. The number of hydrogen-bond donors (Lipinski definition) is 2. The number of carbonyl (C=O) groups excluding carboxylic acids is 2. The number of non-ortho nitro benzene ring substituents is 1. The number of nitro groups is 1. The van der Waals surface area contributed by atoms with Crippen LogP contribution in [0.4, 0.5) is 11.4 Å². The third-order valence-electron chi connectivity index (χ3n) is 3.06. The van der Waals surface area contributed by atoms with Crippen LogP contribution >= 0.6 is 0 Å². The van der Waals surface area contributed by atoms with E-state index >= 15 is 0 Å². The summed E-state index contributed by atoms with van der Waals surface area (Å²) in [6, 6.07) is 11.4. The molecule has 122 valence electrons. The molecule has 0 unspecified atom stereocenters. The van der Waals surface area contributed by atoms with Crippen LogP contribution in [0.25, 0.3) is 0 Å². The molecular weight excluding hydrogens is 314 g/mol. The van der Waals surface area contributed by atoms with Crippen molar-refractivity contribution in [3.05, 3.63) is 64.2 Å². The fourth-order valence-electron chi connectivity index (χ4n) is 1.86. The van der Waals surface area contributed by atoms with E-state index in [4.69, 9.17) is 0 Å². The van der Waals surface area contributed by atoms with Gasteiger partial charge < -0.3 is 5.11 Å². The van der Waals surface area contributed by atoms with Gasteiger partial charge in [-0.1, -0.05) is 30.3 Å². The molecule has 2 aromatic rings. The minimum atomic E-state index is -0.644. The second-order valence-electron chi connectivity index (χ2n) is 4.78. The molecule has 0 aliphatic rings. The molecule has 0 aliphatic heterocycles. The second kappa shape index (κ2) is 7.14. The van der Waals surface area contributed by atoms with Crippen LogP contribution in [0.3, 0.4) is 0 Å². The van der Waals surface area contributed by atoms with Gasteiger partial charge in [-0.25, -0.2) is 0 Å². The number of rotatable bonds is 6. The Morgan fingerprint density at radius 2 is 1.83 bits per heavy atom. The molecule has 2 N–H and O–H groups in total. The Bertz CT molecular complexity index is 831. The summed E-state index contributed by atoms with van der Waals surface area (Å²) < 4.78 is 0. The van der Waals surface area contributed by atoms with Gasteiger partial charge in [-0.2, -0.15) is 5.10 Å². The number of nitro benzene ring substituents is 1. The molecule has 0 atom stereocenters. The van der Waals surface area contributed by atoms with Crippen LogP contribution < -0.4 is 5.43 Å². The molecular formula is C16H13N3O5. The first kappa shape index (κ1) is 16.8. The summed E-state index contributed by atoms with van der Waals surface area (Å²) in [6.07, 6.45) is 0. The van der Waals surface area contributed by atoms with Crippen molar-refractivity contribution in [2.45, 2.75) is 6.92 Å². The number of Topliss-reactive ketones (excluding diaryl/α,β-unsaturated/α-hetero) is 2. The Kier molecular flexibility index (Phi) is 5.00. The molecule has 0 saturated heterocycles. The summed E-state index contributed by atoms with van der Waals surface area (Å²) in [7, 11) is 0. The van der Waals surface area contributed by atoms with Crippen molar-refractivity contribution in [1.82, 2.24) is 0 Å². The molecule has 0 fully saturated rings. The van der Waals surface area contributed by atoms with E-state index in [1.807, 2.05) is 0 Å². The number of nitrogens with zero attached hydrogens (tertiary/aromatic N) is 2. The van der Waals surface area contributed by atoms with Gasteiger partial charge in [0.25, 0.3) is 5.69 Å². The van der Waals surface area contributed by atoms with E-state index in [2.05, 4.69) is 10.5 Å². The number of carbonyl (C=O) groups is 2. The first-order valence-electron chi connectivity index (χ1n) is 6.82. The Balaban J connectivity index is 2.33. The summed E-state index contributed by atoms with van der Waals surface area (Å²) >= 11 is 0. The number of benzene rings is 2. The van der Waals surface area contributed by atoms with E-state index in [1.54, 1.807) is 18.2 Å². The average molecular weight is 327 g/mol. The van der Waals surface area contributed by atoms with Gasteiger partial charge in [0.05, 0.1) is 4.92 Å². The van der Waals surface area contributed by atoms with Crippen molar-refractivity contribution >= 4 is 28.7 Å². The van der Waals surface area contributed by atoms with E-state index < -0.39 is 16.5 Å². The summed E-state index contributed by atoms with van der Waals surface area (Å²) in [5, 5.41) is 24.2. The van der Waals surface area contributed by atoms with Gasteiger partial charge in [0.2, 0.25) is 5.78 Å². The lowest BCUT2D eigenvalue weighted by Gasteiger charge is -2.06. The average Bonchev–Trinajstić information content (AvgIpc) is 2.56. The van der Waals surface area contributed by atoms with Crippen molar-refractivity contribution in [2.75, 3.05) is 5.43 Å². The highest BCUT2D eigenvalue weighted by Gasteiger charge is 2.19. The lowest BCUT2D eigenvalue weighted by molar-refractivity contribution is -0.384. The van der Waals surface area contributed by atoms with Crippen LogP contribution in [0.5, 0.6) is 5.75 Å². The summed E-state index contributed by atoms with van der Waals surface area (Å²) in [4.78, 5) is 34.1. The monoisotopic (exact) mass is 327 g/mol. The maximum Gasteiger partial charge on any atom is 0.271 e. The second-order valence-corrected chi connectivity index (χ2v) is 4.78. The minimum absolute atomic E-state index is 0.0937. The zero-order valence-electron chi connectivity index (χ0n) is 12.6.